The van der Waals surface area contributed by atoms with E-state index in [9.17, 15) is 9.18 Å². The van der Waals surface area contributed by atoms with Crippen LogP contribution in [0.15, 0.2) is 24.3 Å². The smallest absolute Gasteiger partial charge is 0.164 e. The predicted molar refractivity (Wildman–Crippen MR) is 71.8 cm³/mol. The zero-order valence-electron chi connectivity index (χ0n) is 11.3. The van der Waals surface area contributed by atoms with Crippen molar-refractivity contribution < 1.29 is 13.9 Å². The number of carbonyl (C=O) groups is 1. The number of hydrogen-bond donors (Lipinski definition) is 0. The largest absolute Gasteiger partial charge is 0.376 e. The molecule has 4 heteroatoms. The van der Waals surface area contributed by atoms with Crippen molar-refractivity contribution in [2.45, 2.75) is 25.9 Å². The van der Waals surface area contributed by atoms with Gasteiger partial charge >= 0.3 is 0 Å². The molecule has 1 aliphatic rings. The number of morpholine rings is 1. The summed E-state index contributed by atoms with van der Waals surface area (Å²) in [5.41, 5.74) is 0.585. The van der Waals surface area contributed by atoms with Crippen LogP contribution >= 0.6 is 0 Å². The Balaban J connectivity index is 1.81. The van der Waals surface area contributed by atoms with Crippen molar-refractivity contribution in [3.05, 3.63) is 35.6 Å². The number of carbonyl (C=O) groups excluding carboxylic acids is 1. The third kappa shape index (κ3) is 4.11. The van der Waals surface area contributed by atoms with Gasteiger partial charge in [0.1, 0.15) is 5.82 Å². The first-order valence-electron chi connectivity index (χ1n) is 6.81. The van der Waals surface area contributed by atoms with Crippen LogP contribution in [0.2, 0.25) is 0 Å². The minimum Gasteiger partial charge on any atom is -0.376 e. The van der Waals surface area contributed by atoms with Crippen LogP contribution in [-0.2, 0) is 4.74 Å². The average Bonchev–Trinajstić information content (AvgIpc) is 2.46. The third-order valence-corrected chi connectivity index (χ3v) is 3.50. The van der Waals surface area contributed by atoms with Crippen molar-refractivity contribution in [3.63, 3.8) is 0 Å². The lowest BCUT2D eigenvalue weighted by Crippen LogP contribution is -2.42. The fraction of sp³-hybridized carbons (Fsp3) is 0.533. The minimum absolute atomic E-state index is 0.0690. The molecule has 1 saturated heterocycles. The normalized spacial score (nSPS) is 20.4. The van der Waals surface area contributed by atoms with Gasteiger partial charge in [-0.15, -0.1) is 0 Å². The fourth-order valence-electron chi connectivity index (χ4n) is 2.27. The highest BCUT2D eigenvalue weighted by molar-refractivity contribution is 5.96. The Labute approximate surface area is 113 Å². The van der Waals surface area contributed by atoms with Crippen molar-refractivity contribution in [3.8, 4) is 0 Å². The van der Waals surface area contributed by atoms with Gasteiger partial charge in [-0.25, -0.2) is 4.39 Å². The van der Waals surface area contributed by atoms with Crippen molar-refractivity contribution in [2.24, 2.45) is 0 Å². The van der Waals surface area contributed by atoms with Crippen LogP contribution in [0.25, 0.3) is 0 Å². The molecule has 0 radical (unpaired) electrons. The summed E-state index contributed by atoms with van der Waals surface area (Å²) in [5, 5.41) is 0. The summed E-state index contributed by atoms with van der Waals surface area (Å²) in [4.78, 5) is 14.2. The van der Waals surface area contributed by atoms with Crippen molar-refractivity contribution >= 4 is 5.78 Å². The van der Waals surface area contributed by atoms with Gasteiger partial charge in [-0.05, 0) is 30.7 Å². The standard InChI is InChI=1S/C15H20FNO2/c1-2-14-11-17(9-10-19-14)8-7-15(18)12-3-5-13(16)6-4-12/h3-6,14H,2,7-11H2,1H3. The van der Waals surface area contributed by atoms with E-state index in [-0.39, 0.29) is 17.7 Å². The van der Waals surface area contributed by atoms with E-state index in [0.717, 1.165) is 32.7 Å². The molecular formula is C15H20FNO2. The molecule has 0 aromatic heterocycles. The lowest BCUT2D eigenvalue weighted by atomic mass is 10.1. The Morgan fingerprint density at radius 2 is 2.16 bits per heavy atom. The number of halogens is 1. The van der Waals surface area contributed by atoms with E-state index >= 15 is 0 Å². The summed E-state index contributed by atoms with van der Waals surface area (Å²) >= 11 is 0. The lowest BCUT2D eigenvalue weighted by molar-refractivity contribution is -0.0293. The third-order valence-electron chi connectivity index (χ3n) is 3.50. The first-order chi connectivity index (χ1) is 9.19. The Morgan fingerprint density at radius 3 is 2.84 bits per heavy atom. The zero-order chi connectivity index (χ0) is 13.7. The van der Waals surface area contributed by atoms with Crippen LogP contribution in [-0.4, -0.2) is 43.0 Å². The quantitative estimate of drug-likeness (QED) is 0.766. The molecule has 1 aromatic carbocycles. The molecule has 1 aromatic rings. The van der Waals surface area contributed by atoms with Gasteiger partial charge in [0.15, 0.2) is 5.78 Å². The molecule has 1 unspecified atom stereocenters. The molecule has 1 heterocycles. The number of benzene rings is 1. The summed E-state index contributed by atoms with van der Waals surface area (Å²) in [6, 6.07) is 5.75. The van der Waals surface area contributed by atoms with Gasteiger partial charge in [0, 0.05) is 31.6 Å². The van der Waals surface area contributed by atoms with Gasteiger partial charge in [-0.1, -0.05) is 6.92 Å². The topological polar surface area (TPSA) is 29.5 Å². The predicted octanol–water partition coefficient (Wildman–Crippen LogP) is 2.51. The van der Waals surface area contributed by atoms with Gasteiger partial charge in [0.2, 0.25) is 0 Å². The summed E-state index contributed by atoms with van der Waals surface area (Å²) in [6.07, 6.45) is 1.76. The number of rotatable bonds is 5. The first-order valence-corrected chi connectivity index (χ1v) is 6.81. The van der Waals surface area contributed by atoms with Gasteiger partial charge < -0.3 is 4.74 Å². The van der Waals surface area contributed by atoms with Gasteiger partial charge in [-0.2, -0.15) is 0 Å². The lowest BCUT2D eigenvalue weighted by Gasteiger charge is -2.32. The fourth-order valence-corrected chi connectivity index (χ4v) is 2.27. The molecule has 0 saturated carbocycles. The summed E-state index contributed by atoms with van der Waals surface area (Å²) < 4.78 is 18.4. The van der Waals surface area contributed by atoms with Crippen molar-refractivity contribution in [1.82, 2.24) is 4.90 Å². The average molecular weight is 265 g/mol. The Morgan fingerprint density at radius 1 is 1.42 bits per heavy atom. The van der Waals surface area contributed by atoms with E-state index < -0.39 is 0 Å². The molecule has 0 N–H and O–H groups in total. The molecule has 0 bridgehead atoms. The van der Waals surface area contributed by atoms with Gasteiger partial charge in [0.25, 0.3) is 0 Å². The second-order valence-corrected chi connectivity index (χ2v) is 4.88. The Bertz CT molecular complexity index is 419. The Kier molecular flexibility index (Phi) is 5.05. The second-order valence-electron chi connectivity index (χ2n) is 4.88. The van der Waals surface area contributed by atoms with Crippen LogP contribution in [0, 0.1) is 5.82 Å². The zero-order valence-corrected chi connectivity index (χ0v) is 11.3. The van der Waals surface area contributed by atoms with Crippen LogP contribution in [0.1, 0.15) is 30.1 Å². The van der Waals surface area contributed by atoms with Crippen LogP contribution in [0.5, 0.6) is 0 Å². The van der Waals surface area contributed by atoms with Crippen LogP contribution in [0.4, 0.5) is 4.39 Å². The molecule has 19 heavy (non-hydrogen) atoms. The van der Waals surface area contributed by atoms with E-state index in [2.05, 4.69) is 11.8 Å². The van der Waals surface area contributed by atoms with E-state index in [1.165, 1.54) is 12.1 Å². The Hall–Kier alpha value is -1.26. The first kappa shape index (κ1) is 14.2. The maximum absolute atomic E-state index is 12.8. The molecule has 3 nitrogen and oxygen atoms in total. The molecule has 1 atom stereocenters. The summed E-state index contributed by atoms with van der Waals surface area (Å²) in [7, 11) is 0. The second kappa shape index (κ2) is 6.78. The SMILES string of the molecule is CCC1CN(CCC(=O)c2ccc(F)cc2)CCO1. The van der Waals surface area contributed by atoms with E-state index in [1.807, 2.05) is 0 Å². The monoisotopic (exact) mass is 265 g/mol. The molecular weight excluding hydrogens is 245 g/mol. The van der Waals surface area contributed by atoms with Crippen LogP contribution in [0.3, 0.4) is 0 Å². The highest BCUT2D eigenvalue weighted by Gasteiger charge is 2.19. The van der Waals surface area contributed by atoms with E-state index in [0.29, 0.717) is 12.0 Å². The minimum atomic E-state index is -0.310. The van der Waals surface area contributed by atoms with Crippen LogP contribution < -0.4 is 0 Å². The number of Topliss-reactive ketones (excluding diaryl/α,β-unsaturated/α-hetero) is 1. The molecule has 1 aliphatic heterocycles. The molecule has 0 amide bonds. The van der Waals surface area contributed by atoms with Crippen molar-refractivity contribution in [1.29, 1.82) is 0 Å². The molecule has 2 rings (SSSR count). The van der Waals surface area contributed by atoms with Gasteiger partial charge in [0.05, 0.1) is 12.7 Å². The maximum atomic E-state index is 12.8. The molecule has 1 fully saturated rings. The summed E-state index contributed by atoms with van der Waals surface area (Å²) in [5.74, 6) is -0.241. The van der Waals surface area contributed by atoms with E-state index in [1.54, 1.807) is 12.1 Å². The molecule has 0 aliphatic carbocycles. The molecule has 0 spiro atoms. The number of hydrogen-bond acceptors (Lipinski definition) is 3. The number of ether oxygens (including phenoxy) is 1. The number of ketones is 1. The highest BCUT2D eigenvalue weighted by Crippen LogP contribution is 2.10. The number of nitrogens with zero attached hydrogens (tertiary/aromatic N) is 1. The highest BCUT2D eigenvalue weighted by atomic mass is 19.1. The summed E-state index contributed by atoms with van der Waals surface area (Å²) in [6.45, 7) is 5.37. The van der Waals surface area contributed by atoms with E-state index in [4.69, 9.17) is 4.74 Å². The maximum Gasteiger partial charge on any atom is 0.164 e. The van der Waals surface area contributed by atoms with Crippen molar-refractivity contribution in [2.75, 3.05) is 26.2 Å². The molecule has 104 valence electrons. The van der Waals surface area contributed by atoms with Gasteiger partial charge in [-0.3, -0.25) is 9.69 Å².